The summed E-state index contributed by atoms with van der Waals surface area (Å²) in [7, 11) is 1.60. The predicted molar refractivity (Wildman–Crippen MR) is 159 cm³/mol. The van der Waals surface area contributed by atoms with E-state index in [4.69, 9.17) is 18.9 Å². The van der Waals surface area contributed by atoms with Crippen LogP contribution in [0.4, 0.5) is 11.5 Å². The van der Waals surface area contributed by atoms with E-state index >= 15 is 0 Å². The van der Waals surface area contributed by atoms with Gasteiger partial charge in [-0.15, -0.1) is 0 Å². The van der Waals surface area contributed by atoms with Gasteiger partial charge in [-0.25, -0.2) is 9.97 Å². The van der Waals surface area contributed by atoms with E-state index in [1.165, 1.54) is 6.33 Å². The average Bonchev–Trinajstić information content (AvgIpc) is 2.96. The summed E-state index contributed by atoms with van der Waals surface area (Å²) < 4.78 is 23.0. The van der Waals surface area contributed by atoms with Crippen LogP contribution >= 0.6 is 15.9 Å². The van der Waals surface area contributed by atoms with Crippen LogP contribution in [0.5, 0.6) is 11.5 Å². The summed E-state index contributed by atoms with van der Waals surface area (Å²) in [5.74, 6) is 1.06. The van der Waals surface area contributed by atoms with Crippen LogP contribution in [0.3, 0.4) is 0 Å². The molecule has 1 aliphatic heterocycles. The minimum absolute atomic E-state index is 0.0142. The lowest BCUT2D eigenvalue weighted by atomic mass is 10.1. The van der Waals surface area contributed by atoms with E-state index < -0.39 is 18.0 Å². The van der Waals surface area contributed by atoms with E-state index in [9.17, 15) is 9.59 Å². The van der Waals surface area contributed by atoms with E-state index in [0.717, 1.165) is 34.2 Å². The Morgan fingerprint density at radius 3 is 2.51 bits per heavy atom. The van der Waals surface area contributed by atoms with E-state index in [1.807, 2.05) is 41.3 Å². The molecule has 0 radical (unpaired) electrons. The van der Waals surface area contributed by atoms with Crippen molar-refractivity contribution in [3.63, 3.8) is 0 Å². The number of fused-ring (bicyclic) bond motifs is 1. The van der Waals surface area contributed by atoms with Gasteiger partial charge in [0.05, 0.1) is 32.3 Å². The topological polar surface area (TPSA) is 115 Å². The molecule has 11 nitrogen and oxygen atoms in total. The monoisotopic (exact) mass is 629 g/mol. The Kier molecular flexibility index (Phi) is 11.1. The summed E-state index contributed by atoms with van der Waals surface area (Å²) in [5.41, 5.74) is 1.63. The van der Waals surface area contributed by atoms with Gasteiger partial charge >= 0.3 is 11.9 Å². The Labute approximate surface area is 248 Å². The number of methoxy groups -OCH3 is 1. The van der Waals surface area contributed by atoms with E-state index in [0.29, 0.717) is 43.6 Å². The smallest absolute Gasteiger partial charge is 0.323 e. The first-order chi connectivity index (χ1) is 19.9. The molecule has 41 heavy (non-hydrogen) atoms. The van der Waals surface area contributed by atoms with Gasteiger partial charge in [0.2, 0.25) is 0 Å². The number of piperazine rings is 1. The van der Waals surface area contributed by atoms with Crippen molar-refractivity contribution < 1.29 is 28.5 Å². The summed E-state index contributed by atoms with van der Waals surface area (Å²) in [5, 5.41) is 4.16. The zero-order chi connectivity index (χ0) is 29.2. The van der Waals surface area contributed by atoms with Gasteiger partial charge in [0, 0.05) is 54.3 Å². The molecule has 1 unspecified atom stereocenters. The Morgan fingerprint density at radius 2 is 1.80 bits per heavy atom. The quantitative estimate of drug-likeness (QED) is 0.276. The van der Waals surface area contributed by atoms with Gasteiger partial charge in [-0.05, 0) is 38.1 Å². The molecule has 2 heterocycles. The number of halogens is 1. The molecule has 0 bridgehead atoms. The van der Waals surface area contributed by atoms with E-state index in [2.05, 4.69) is 36.1 Å². The highest BCUT2D eigenvalue weighted by molar-refractivity contribution is 9.10. The second-order valence-corrected chi connectivity index (χ2v) is 10.3. The van der Waals surface area contributed by atoms with Gasteiger partial charge in [0.25, 0.3) is 0 Å². The van der Waals surface area contributed by atoms with E-state index in [-0.39, 0.29) is 19.6 Å². The van der Waals surface area contributed by atoms with Crippen LogP contribution in [0.15, 0.2) is 47.2 Å². The van der Waals surface area contributed by atoms with Crippen molar-refractivity contribution in [1.82, 2.24) is 19.8 Å². The highest BCUT2D eigenvalue weighted by Gasteiger charge is 2.32. The number of esters is 2. The number of nitrogens with one attached hydrogen (secondary N) is 1. The maximum Gasteiger partial charge on any atom is 0.323 e. The minimum atomic E-state index is -0.642. The molecule has 0 aliphatic carbocycles. The third-order valence-corrected chi connectivity index (χ3v) is 7.24. The molecule has 1 aliphatic rings. The van der Waals surface area contributed by atoms with Gasteiger partial charge in [-0.3, -0.25) is 19.4 Å². The molecule has 220 valence electrons. The van der Waals surface area contributed by atoms with Gasteiger partial charge < -0.3 is 24.3 Å². The van der Waals surface area contributed by atoms with Crippen LogP contribution in [-0.4, -0.2) is 97.4 Å². The number of ether oxygens (including phenoxy) is 4. The fraction of sp³-hybridized carbons (Fsp3) is 0.448. The zero-order valence-electron chi connectivity index (χ0n) is 23.6. The number of nitrogens with zero attached hydrogens (tertiary/aromatic N) is 4. The number of benzene rings is 2. The molecule has 0 amide bonds. The summed E-state index contributed by atoms with van der Waals surface area (Å²) in [6.07, 6.45) is 1.50. The second kappa shape index (κ2) is 14.9. The number of carbonyl (C=O) groups is 2. The second-order valence-electron chi connectivity index (χ2n) is 9.38. The fourth-order valence-electron chi connectivity index (χ4n) is 4.70. The van der Waals surface area contributed by atoms with E-state index in [1.54, 1.807) is 21.0 Å². The van der Waals surface area contributed by atoms with Crippen LogP contribution in [0.1, 0.15) is 20.3 Å². The highest BCUT2D eigenvalue weighted by atomic mass is 79.9. The first kappa shape index (κ1) is 30.5. The Bertz CT molecular complexity index is 1330. The molecule has 1 N–H and O–H groups in total. The predicted octanol–water partition coefficient (Wildman–Crippen LogP) is 4.03. The van der Waals surface area contributed by atoms with Gasteiger partial charge in [0.1, 0.15) is 24.8 Å². The number of hydrogen-bond acceptors (Lipinski definition) is 11. The summed E-state index contributed by atoms with van der Waals surface area (Å²) in [6, 6.07) is 10.9. The maximum atomic E-state index is 12.6. The molecule has 2 aromatic carbocycles. The van der Waals surface area contributed by atoms with Crippen molar-refractivity contribution in [2.45, 2.75) is 26.3 Å². The zero-order valence-corrected chi connectivity index (χ0v) is 25.2. The van der Waals surface area contributed by atoms with Crippen molar-refractivity contribution in [1.29, 1.82) is 0 Å². The first-order valence-electron chi connectivity index (χ1n) is 13.7. The van der Waals surface area contributed by atoms with Gasteiger partial charge in [0.15, 0.2) is 11.5 Å². The third-order valence-electron chi connectivity index (χ3n) is 6.74. The maximum absolute atomic E-state index is 12.6. The molecule has 1 aromatic heterocycles. The number of hydrogen-bond donors (Lipinski definition) is 1. The number of anilines is 2. The molecule has 1 fully saturated rings. The largest absolute Gasteiger partial charge is 0.493 e. The van der Waals surface area contributed by atoms with Crippen molar-refractivity contribution in [3.8, 4) is 11.5 Å². The molecule has 1 saturated heterocycles. The molecule has 0 spiro atoms. The number of aromatic nitrogens is 2. The van der Waals surface area contributed by atoms with Crippen LogP contribution in [0.25, 0.3) is 10.9 Å². The Morgan fingerprint density at radius 1 is 1.02 bits per heavy atom. The third kappa shape index (κ3) is 8.27. The normalized spacial score (nSPS) is 14.8. The number of rotatable bonds is 13. The van der Waals surface area contributed by atoms with Crippen LogP contribution in [-0.2, 0) is 19.1 Å². The summed E-state index contributed by atoms with van der Waals surface area (Å²) in [4.78, 5) is 37.8. The SMILES string of the molecule is CCOC(=O)CC(C(=O)OCC)N1CCN(CCOc2cc3c(Nc4cccc(Br)c4)ncnc3cc2OC)CC1. The molecule has 3 aromatic rings. The molecular weight excluding hydrogens is 594 g/mol. The average molecular weight is 631 g/mol. The lowest BCUT2D eigenvalue weighted by Gasteiger charge is -2.37. The van der Waals surface area contributed by atoms with Crippen molar-refractivity contribution in [3.05, 3.63) is 47.2 Å². The molecular formula is C29H36BrN5O6. The van der Waals surface area contributed by atoms with Crippen LogP contribution < -0.4 is 14.8 Å². The highest BCUT2D eigenvalue weighted by Crippen LogP contribution is 2.35. The minimum Gasteiger partial charge on any atom is -0.493 e. The summed E-state index contributed by atoms with van der Waals surface area (Å²) >= 11 is 3.50. The van der Waals surface area contributed by atoms with Crippen LogP contribution in [0, 0.1) is 0 Å². The van der Waals surface area contributed by atoms with Crippen molar-refractivity contribution in [2.24, 2.45) is 0 Å². The molecule has 1 atom stereocenters. The van der Waals surface area contributed by atoms with Crippen molar-refractivity contribution >= 4 is 50.3 Å². The van der Waals surface area contributed by atoms with Gasteiger partial charge in [-0.2, -0.15) is 0 Å². The van der Waals surface area contributed by atoms with Crippen LogP contribution in [0.2, 0.25) is 0 Å². The summed E-state index contributed by atoms with van der Waals surface area (Å²) in [6.45, 7) is 7.89. The molecule has 4 rings (SSSR count). The first-order valence-corrected chi connectivity index (χ1v) is 14.5. The lowest BCUT2D eigenvalue weighted by Crippen LogP contribution is -2.54. The lowest BCUT2D eigenvalue weighted by molar-refractivity contribution is -0.157. The fourth-order valence-corrected chi connectivity index (χ4v) is 5.10. The molecule has 12 heteroatoms. The van der Waals surface area contributed by atoms with Crippen molar-refractivity contribution in [2.75, 3.05) is 65.0 Å². The number of carbonyl (C=O) groups excluding carboxylic acids is 2. The Hall–Kier alpha value is -3.48. The molecule has 0 saturated carbocycles. The van der Waals surface area contributed by atoms with Gasteiger partial charge in [-0.1, -0.05) is 22.0 Å². The Balaban J connectivity index is 1.37. The standard InChI is InChI=1S/C29H36BrN5O6/c1-4-39-27(36)18-24(29(37)40-5-2)35-11-9-34(10-12-35)13-14-41-26-16-22-23(17-25(26)38-3)31-19-32-28(22)33-21-8-6-7-20(30)15-21/h6-8,15-17,19,24H,4-5,9-14,18H2,1-3H3,(H,31,32,33).